The third kappa shape index (κ3) is 32.3. The van der Waals surface area contributed by atoms with Crippen molar-refractivity contribution in [3.8, 4) is 0 Å². The Hall–Kier alpha value is -1.42. The largest absolute Gasteiger partial charge is 0.397 e. The number of amides is 1. The summed E-state index contributed by atoms with van der Waals surface area (Å²) >= 11 is 0. The van der Waals surface area contributed by atoms with Crippen molar-refractivity contribution in [3.05, 3.63) is 24.3 Å². The number of nitrogens with one attached hydrogen (secondary N) is 1. The van der Waals surface area contributed by atoms with Gasteiger partial charge in [-0.1, -0.05) is 199 Å². The predicted molar refractivity (Wildman–Crippen MR) is 250 cm³/mol. The van der Waals surface area contributed by atoms with Crippen molar-refractivity contribution in [2.75, 3.05) is 13.2 Å². The van der Waals surface area contributed by atoms with Crippen LogP contribution in [0.5, 0.6) is 0 Å². The number of unbranched alkanes of at least 4 members (excludes halogenated alkanes) is 29. The maximum Gasteiger partial charge on any atom is 0.397 e. The fourth-order valence-corrected chi connectivity index (χ4v) is 8.55. The van der Waals surface area contributed by atoms with Crippen LogP contribution >= 0.6 is 0 Å². The number of carbonyl (C=O) groups excluding carboxylic acids is 1. The van der Waals surface area contributed by atoms with Crippen LogP contribution in [0, 0.1) is 0 Å². The van der Waals surface area contributed by atoms with Crippen molar-refractivity contribution in [1.29, 1.82) is 0 Å². The van der Waals surface area contributed by atoms with Gasteiger partial charge in [0.15, 0.2) is 6.29 Å². The van der Waals surface area contributed by atoms with Crippen LogP contribution in [0.1, 0.15) is 226 Å². The second-order valence-corrected chi connectivity index (χ2v) is 18.8. The molecule has 1 rings (SSSR count). The van der Waals surface area contributed by atoms with Crippen LogP contribution in [-0.4, -0.2) is 95.4 Å². The summed E-state index contributed by atoms with van der Waals surface area (Å²) in [7, 11) is -5.08. The van der Waals surface area contributed by atoms with Gasteiger partial charge >= 0.3 is 10.4 Å². The third-order valence-electron chi connectivity index (χ3n) is 12.0. The van der Waals surface area contributed by atoms with Gasteiger partial charge in [-0.3, -0.25) is 9.35 Å². The number of ether oxygens (including phenoxy) is 2. The quantitative estimate of drug-likeness (QED) is 0.0194. The Bertz CT molecular complexity index is 1200. The third-order valence-corrected chi connectivity index (χ3v) is 12.4. The van der Waals surface area contributed by atoms with Gasteiger partial charge in [-0.2, -0.15) is 8.42 Å². The first-order chi connectivity index (χ1) is 30.0. The lowest BCUT2D eigenvalue weighted by molar-refractivity contribution is -0.298. The molecule has 1 saturated heterocycles. The zero-order valence-corrected chi connectivity index (χ0v) is 40.0. The first-order valence-corrected chi connectivity index (χ1v) is 26.6. The van der Waals surface area contributed by atoms with E-state index in [0.29, 0.717) is 6.42 Å². The molecule has 0 saturated carbocycles. The van der Waals surface area contributed by atoms with E-state index in [-0.39, 0.29) is 18.9 Å². The predicted octanol–water partition coefficient (Wildman–Crippen LogP) is 10.5. The molecule has 0 aromatic heterocycles. The lowest BCUT2D eigenvalue weighted by Crippen LogP contribution is -2.61. The molecule has 12 nitrogen and oxygen atoms in total. The summed E-state index contributed by atoms with van der Waals surface area (Å²) in [4.78, 5) is 13.0. The lowest BCUT2D eigenvalue weighted by Gasteiger charge is -2.41. The zero-order chi connectivity index (χ0) is 45.5. The molecule has 1 amide bonds. The van der Waals surface area contributed by atoms with Gasteiger partial charge in [0.05, 0.1) is 25.4 Å². The summed E-state index contributed by atoms with van der Waals surface area (Å²) in [6.07, 6.45) is 38.0. The average molecular weight is 904 g/mol. The molecule has 1 aliphatic rings. The van der Waals surface area contributed by atoms with Gasteiger partial charge in [-0.25, -0.2) is 4.18 Å². The molecule has 62 heavy (non-hydrogen) atoms. The minimum absolute atomic E-state index is 0.266. The molecular weight excluding hydrogens is 811 g/mol. The minimum Gasteiger partial charge on any atom is -0.394 e. The Labute approximate surface area is 378 Å². The van der Waals surface area contributed by atoms with Crippen LogP contribution in [0.2, 0.25) is 0 Å². The molecule has 0 aromatic rings. The molecule has 0 aromatic carbocycles. The van der Waals surface area contributed by atoms with E-state index in [2.05, 4.69) is 35.5 Å². The molecule has 6 N–H and O–H groups in total. The number of aliphatic hydroxyl groups excluding tert-OH is 4. The standard InChI is InChI=1S/C49H93NO11S/c1-3-5-7-9-11-13-15-16-17-18-19-20-21-22-23-24-25-26-27-29-31-33-35-37-39-45(53)50-42(43(52)38-36-34-32-30-28-14-12-10-8-6-4-2)41-59-49-47(55)48(61-62(56,57)58)46(54)44(40-51)60-49/h22-23,36,38,42-44,46-49,51-52,54-55H,3-21,24-35,37,39-41H2,1-2H3,(H,50,53)(H,56,57,58)/b23-22-,38-36+. The normalized spacial score (nSPS) is 20.7. The summed E-state index contributed by atoms with van der Waals surface area (Å²) in [5.74, 6) is -0.266. The van der Waals surface area contributed by atoms with Gasteiger partial charge in [-0.05, 0) is 44.9 Å². The van der Waals surface area contributed by atoms with Crippen molar-refractivity contribution >= 4 is 16.3 Å². The maximum atomic E-state index is 13.0. The molecule has 7 atom stereocenters. The number of rotatable bonds is 43. The summed E-state index contributed by atoms with van der Waals surface area (Å²) in [5.41, 5.74) is 0. The van der Waals surface area contributed by atoms with E-state index in [1.165, 1.54) is 154 Å². The molecule has 0 radical (unpaired) electrons. The van der Waals surface area contributed by atoms with Crippen molar-refractivity contribution in [2.45, 2.75) is 269 Å². The molecule has 0 spiro atoms. The second kappa shape index (κ2) is 39.9. The SMILES string of the molecule is CCCCCCCCCCC/C=C/C(O)C(COC1OC(CO)C(O)C(OS(=O)(=O)O)C1O)NC(=O)CCCCCCCCCC/C=C\CCCCCCCCCCCCCC. The van der Waals surface area contributed by atoms with Crippen LogP contribution in [0.25, 0.3) is 0 Å². The van der Waals surface area contributed by atoms with Crippen LogP contribution in [0.4, 0.5) is 0 Å². The number of hydrogen-bond acceptors (Lipinski definition) is 10. The molecule has 7 unspecified atom stereocenters. The smallest absolute Gasteiger partial charge is 0.394 e. The van der Waals surface area contributed by atoms with Crippen molar-refractivity contribution in [3.63, 3.8) is 0 Å². The van der Waals surface area contributed by atoms with E-state index in [9.17, 15) is 38.2 Å². The highest BCUT2D eigenvalue weighted by atomic mass is 32.3. The van der Waals surface area contributed by atoms with Gasteiger partial charge in [0, 0.05) is 6.42 Å². The van der Waals surface area contributed by atoms with Crippen molar-refractivity contribution < 1.29 is 51.8 Å². The number of allylic oxidation sites excluding steroid dienone is 3. The molecule has 1 aliphatic heterocycles. The highest BCUT2D eigenvalue weighted by Gasteiger charge is 2.48. The monoisotopic (exact) mass is 904 g/mol. The van der Waals surface area contributed by atoms with E-state index in [1.807, 2.05) is 6.08 Å². The number of carbonyl (C=O) groups is 1. The summed E-state index contributed by atoms with van der Waals surface area (Å²) in [6, 6.07) is -0.942. The van der Waals surface area contributed by atoms with Crippen LogP contribution < -0.4 is 5.32 Å². The minimum atomic E-state index is -5.08. The van der Waals surface area contributed by atoms with Gasteiger partial charge < -0.3 is 35.2 Å². The van der Waals surface area contributed by atoms with Gasteiger partial charge in [-0.15, -0.1) is 0 Å². The molecular formula is C49H93NO11S. The number of aliphatic hydroxyl groups is 4. The van der Waals surface area contributed by atoms with Crippen LogP contribution in [-0.2, 0) is 28.9 Å². The van der Waals surface area contributed by atoms with E-state index in [1.54, 1.807) is 6.08 Å². The summed E-state index contributed by atoms with van der Waals surface area (Å²) < 4.78 is 47.6. The van der Waals surface area contributed by atoms with Crippen LogP contribution in [0.15, 0.2) is 24.3 Å². The summed E-state index contributed by atoms with van der Waals surface area (Å²) in [5, 5.41) is 44.7. The zero-order valence-electron chi connectivity index (χ0n) is 39.2. The Balaban J connectivity index is 2.38. The van der Waals surface area contributed by atoms with E-state index >= 15 is 0 Å². The Kier molecular flexibility index (Phi) is 37.7. The highest BCUT2D eigenvalue weighted by Crippen LogP contribution is 2.26. The van der Waals surface area contributed by atoms with Crippen molar-refractivity contribution in [1.82, 2.24) is 5.32 Å². The first kappa shape index (κ1) is 58.6. The first-order valence-electron chi connectivity index (χ1n) is 25.2. The van der Waals surface area contributed by atoms with Crippen LogP contribution in [0.3, 0.4) is 0 Å². The highest BCUT2D eigenvalue weighted by molar-refractivity contribution is 7.80. The molecule has 366 valence electrons. The van der Waals surface area contributed by atoms with Gasteiger partial charge in [0.25, 0.3) is 0 Å². The average Bonchev–Trinajstić information content (AvgIpc) is 3.24. The number of hydrogen-bond donors (Lipinski definition) is 6. The summed E-state index contributed by atoms with van der Waals surface area (Å²) in [6.45, 7) is 3.38. The Morgan fingerprint density at radius 2 is 1.03 bits per heavy atom. The van der Waals surface area contributed by atoms with Gasteiger partial charge in [0.1, 0.15) is 24.4 Å². The molecule has 1 heterocycles. The molecule has 0 bridgehead atoms. The Morgan fingerprint density at radius 1 is 0.629 bits per heavy atom. The topological polar surface area (TPSA) is 192 Å². The van der Waals surface area contributed by atoms with E-state index in [0.717, 1.165) is 44.9 Å². The lowest BCUT2D eigenvalue weighted by atomic mass is 9.99. The van der Waals surface area contributed by atoms with Gasteiger partial charge in [0.2, 0.25) is 5.91 Å². The maximum absolute atomic E-state index is 13.0. The fraction of sp³-hybridized carbons (Fsp3) is 0.898. The fourth-order valence-electron chi connectivity index (χ4n) is 8.04. The Morgan fingerprint density at radius 3 is 1.45 bits per heavy atom. The molecule has 13 heteroatoms. The van der Waals surface area contributed by atoms with E-state index < -0.39 is 59.9 Å². The molecule has 1 fully saturated rings. The van der Waals surface area contributed by atoms with Crippen molar-refractivity contribution in [2.24, 2.45) is 0 Å². The van der Waals surface area contributed by atoms with E-state index in [4.69, 9.17) is 9.47 Å². The second-order valence-electron chi connectivity index (χ2n) is 17.8. The molecule has 0 aliphatic carbocycles.